The summed E-state index contributed by atoms with van der Waals surface area (Å²) in [4.78, 5) is 12.6. The number of rotatable bonds is 5. The van der Waals surface area contributed by atoms with Gasteiger partial charge in [0.1, 0.15) is 5.69 Å². The zero-order valence-electron chi connectivity index (χ0n) is 13.5. The van der Waals surface area contributed by atoms with E-state index in [0.29, 0.717) is 29.7 Å². The Labute approximate surface area is 158 Å². The highest BCUT2D eigenvalue weighted by atomic mass is 79.9. The minimum Gasteiger partial charge on any atom is -0.351 e. The molecule has 3 aromatic rings. The van der Waals surface area contributed by atoms with Crippen LogP contribution in [0.1, 0.15) is 29.9 Å². The Hall–Kier alpha value is -1.30. The van der Waals surface area contributed by atoms with Gasteiger partial charge in [-0.3, -0.25) is 4.79 Å². The van der Waals surface area contributed by atoms with Crippen molar-refractivity contribution >= 4 is 55.0 Å². The fourth-order valence-corrected chi connectivity index (χ4v) is 4.35. The number of carbonyl (C=O) groups excluding carboxylic acids is 1. The number of aromatic nitrogens is 1. The Kier molecular flexibility index (Phi) is 5.33. The lowest BCUT2D eigenvalue weighted by Crippen LogP contribution is -2.29. The standard InChI is InChI=1S/C18H18BrClN2OS/c1-11(2)9-21-18(23)15-7-16-14(8-17(19)24-16)22(15)10-12-4-3-5-13(20)6-12/h3-8,11H,9-10H2,1-2H3,(H,21,23). The molecule has 3 rings (SSSR count). The Morgan fingerprint density at radius 1 is 1.33 bits per heavy atom. The van der Waals surface area contributed by atoms with Gasteiger partial charge >= 0.3 is 0 Å². The number of halogens is 2. The topological polar surface area (TPSA) is 34.0 Å². The molecule has 0 bridgehead atoms. The lowest BCUT2D eigenvalue weighted by molar-refractivity contribution is 0.0940. The van der Waals surface area contributed by atoms with Crippen molar-refractivity contribution in [2.24, 2.45) is 5.92 Å². The van der Waals surface area contributed by atoms with Crippen molar-refractivity contribution in [3.05, 3.63) is 56.5 Å². The molecule has 2 heterocycles. The fraction of sp³-hybridized carbons (Fsp3) is 0.278. The van der Waals surface area contributed by atoms with Gasteiger partial charge in [0, 0.05) is 18.1 Å². The maximum absolute atomic E-state index is 12.6. The zero-order chi connectivity index (χ0) is 17.3. The molecular weight excluding hydrogens is 408 g/mol. The third-order valence-corrected chi connectivity index (χ3v) is 5.50. The molecule has 126 valence electrons. The number of hydrogen-bond acceptors (Lipinski definition) is 2. The van der Waals surface area contributed by atoms with E-state index in [1.807, 2.05) is 30.3 Å². The van der Waals surface area contributed by atoms with Crippen molar-refractivity contribution in [3.8, 4) is 0 Å². The lowest BCUT2D eigenvalue weighted by atomic mass is 10.2. The first-order valence-electron chi connectivity index (χ1n) is 7.75. The van der Waals surface area contributed by atoms with E-state index < -0.39 is 0 Å². The first kappa shape index (κ1) is 17.5. The minimum atomic E-state index is -0.0368. The highest BCUT2D eigenvalue weighted by molar-refractivity contribution is 9.11. The molecule has 2 aromatic heterocycles. The average Bonchev–Trinajstić information content (AvgIpc) is 3.02. The molecule has 1 amide bonds. The van der Waals surface area contributed by atoms with Crippen molar-refractivity contribution < 1.29 is 4.79 Å². The summed E-state index contributed by atoms with van der Waals surface area (Å²) in [6.07, 6.45) is 0. The Morgan fingerprint density at radius 3 is 2.83 bits per heavy atom. The van der Waals surface area contributed by atoms with E-state index in [-0.39, 0.29) is 5.91 Å². The smallest absolute Gasteiger partial charge is 0.267 e. The summed E-state index contributed by atoms with van der Waals surface area (Å²) in [6, 6.07) is 11.8. The van der Waals surface area contributed by atoms with Crippen LogP contribution in [0.25, 0.3) is 10.2 Å². The van der Waals surface area contributed by atoms with Crippen molar-refractivity contribution in [1.29, 1.82) is 0 Å². The van der Waals surface area contributed by atoms with E-state index in [1.54, 1.807) is 11.3 Å². The molecule has 0 aliphatic heterocycles. The second-order valence-electron chi connectivity index (χ2n) is 6.15. The fourth-order valence-electron chi connectivity index (χ4n) is 2.58. The van der Waals surface area contributed by atoms with Gasteiger partial charge in [0.05, 0.1) is 14.0 Å². The summed E-state index contributed by atoms with van der Waals surface area (Å²) < 4.78 is 4.21. The van der Waals surface area contributed by atoms with Gasteiger partial charge in [0.2, 0.25) is 0 Å². The monoisotopic (exact) mass is 424 g/mol. The van der Waals surface area contributed by atoms with Crippen LogP contribution in [0.5, 0.6) is 0 Å². The second kappa shape index (κ2) is 7.30. The highest BCUT2D eigenvalue weighted by Gasteiger charge is 2.18. The largest absolute Gasteiger partial charge is 0.351 e. The van der Waals surface area contributed by atoms with E-state index in [2.05, 4.69) is 45.7 Å². The maximum atomic E-state index is 12.6. The quantitative estimate of drug-likeness (QED) is 0.571. The molecule has 0 unspecified atom stereocenters. The van der Waals surface area contributed by atoms with Gasteiger partial charge < -0.3 is 9.88 Å². The summed E-state index contributed by atoms with van der Waals surface area (Å²) >= 11 is 11.3. The molecule has 0 aliphatic rings. The molecular formula is C18H18BrClN2OS. The average molecular weight is 426 g/mol. The SMILES string of the molecule is CC(C)CNC(=O)c1cc2sc(Br)cc2n1Cc1cccc(Cl)c1. The molecule has 6 heteroatoms. The number of carbonyl (C=O) groups is 1. The van der Waals surface area contributed by atoms with Crippen LogP contribution >= 0.6 is 38.9 Å². The first-order valence-corrected chi connectivity index (χ1v) is 9.74. The molecule has 1 aromatic carbocycles. The van der Waals surface area contributed by atoms with Gasteiger partial charge in [0.25, 0.3) is 5.91 Å². The van der Waals surface area contributed by atoms with E-state index in [0.717, 1.165) is 19.6 Å². The first-order chi connectivity index (χ1) is 11.4. The Bertz CT molecular complexity index is 884. The van der Waals surface area contributed by atoms with Crippen LogP contribution in [-0.4, -0.2) is 17.0 Å². The summed E-state index contributed by atoms with van der Waals surface area (Å²) in [7, 11) is 0. The molecule has 0 saturated carbocycles. The molecule has 0 atom stereocenters. The van der Waals surface area contributed by atoms with Gasteiger partial charge in [-0.25, -0.2) is 0 Å². The molecule has 1 N–H and O–H groups in total. The van der Waals surface area contributed by atoms with Crippen molar-refractivity contribution in [2.75, 3.05) is 6.54 Å². The lowest BCUT2D eigenvalue weighted by Gasteiger charge is -2.12. The summed E-state index contributed by atoms with van der Waals surface area (Å²) in [5.74, 6) is 0.380. The van der Waals surface area contributed by atoms with Gasteiger partial charge in [0.15, 0.2) is 0 Å². The van der Waals surface area contributed by atoms with Gasteiger partial charge in [-0.1, -0.05) is 37.6 Å². The molecule has 0 fully saturated rings. The van der Waals surface area contributed by atoms with E-state index in [4.69, 9.17) is 11.6 Å². The van der Waals surface area contributed by atoms with Gasteiger partial charge in [-0.2, -0.15) is 0 Å². The minimum absolute atomic E-state index is 0.0368. The number of nitrogens with one attached hydrogen (secondary N) is 1. The van der Waals surface area contributed by atoms with Gasteiger partial charge in [-0.05, 0) is 51.7 Å². The molecule has 0 aliphatic carbocycles. The van der Waals surface area contributed by atoms with E-state index in [9.17, 15) is 4.79 Å². The summed E-state index contributed by atoms with van der Waals surface area (Å²) in [6.45, 7) is 5.44. The molecule has 0 saturated heterocycles. The maximum Gasteiger partial charge on any atom is 0.267 e. The predicted molar refractivity (Wildman–Crippen MR) is 105 cm³/mol. The van der Waals surface area contributed by atoms with Crippen LogP contribution < -0.4 is 5.32 Å². The number of nitrogens with zero attached hydrogens (tertiary/aromatic N) is 1. The zero-order valence-corrected chi connectivity index (χ0v) is 16.6. The van der Waals surface area contributed by atoms with Crippen LogP contribution in [0.2, 0.25) is 5.02 Å². The third kappa shape index (κ3) is 3.85. The molecule has 0 spiro atoms. The number of fused-ring (bicyclic) bond motifs is 1. The summed E-state index contributed by atoms with van der Waals surface area (Å²) in [5.41, 5.74) is 2.81. The molecule has 3 nitrogen and oxygen atoms in total. The number of hydrogen-bond donors (Lipinski definition) is 1. The second-order valence-corrected chi connectivity index (χ2v) is 9.05. The third-order valence-electron chi connectivity index (χ3n) is 3.69. The Morgan fingerprint density at radius 2 is 2.12 bits per heavy atom. The van der Waals surface area contributed by atoms with Crippen molar-refractivity contribution in [2.45, 2.75) is 20.4 Å². The Balaban J connectivity index is 1.99. The molecule has 24 heavy (non-hydrogen) atoms. The van der Waals surface area contributed by atoms with Gasteiger partial charge in [-0.15, -0.1) is 11.3 Å². The number of amides is 1. The van der Waals surface area contributed by atoms with Crippen LogP contribution in [0, 0.1) is 5.92 Å². The predicted octanol–water partition coefficient (Wildman–Crippen LogP) is 5.55. The van der Waals surface area contributed by atoms with Crippen LogP contribution in [0.15, 0.2) is 40.2 Å². The van der Waals surface area contributed by atoms with Crippen molar-refractivity contribution in [3.63, 3.8) is 0 Å². The summed E-state index contributed by atoms with van der Waals surface area (Å²) in [5, 5.41) is 3.71. The van der Waals surface area contributed by atoms with Crippen LogP contribution in [0.3, 0.4) is 0 Å². The van der Waals surface area contributed by atoms with E-state index in [1.165, 1.54) is 0 Å². The van der Waals surface area contributed by atoms with Crippen LogP contribution in [0.4, 0.5) is 0 Å². The van der Waals surface area contributed by atoms with E-state index >= 15 is 0 Å². The molecule has 0 radical (unpaired) electrons. The van der Waals surface area contributed by atoms with Crippen LogP contribution in [-0.2, 0) is 6.54 Å². The highest BCUT2D eigenvalue weighted by Crippen LogP contribution is 2.33. The number of thiophene rings is 1. The van der Waals surface area contributed by atoms with Crippen molar-refractivity contribution in [1.82, 2.24) is 9.88 Å². The number of benzene rings is 1. The normalized spacial score (nSPS) is 11.4.